The van der Waals surface area contributed by atoms with Gasteiger partial charge < -0.3 is 20.9 Å². The van der Waals surface area contributed by atoms with Gasteiger partial charge >= 0.3 is 6.18 Å². The van der Waals surface area contributed by atoms with Gasteiger partial charge in [0, 0.05) is 42.3 Å². The summed E-state index contributed by atoms with van der Waals surface area (Å²) >= 11 is 0. The molecule has 0 saturated heterocycles. The molecule has 7 nitrogen and oxygen atoms in total. The fraction of sp³-hybridized carbons (Fsp3) is 0.160. The predicted molar refractivity (Wildman–Crippen MR) is 127 cm³/mol. The molecule has 0 aliphatic carbocycles. The van der Waals surface area contributed by atoms with Crippen molar-refractivity contribution in [2.75, 3.05) is 36.6 Å². The van der Waals surface area contributed by atoms with Gasteiger partial charge in [0.2, 0.25) is 5.91 Å². The molecule has 0 aliphatic rings. The van der Waals surface area contributed by atoms with Crippen LogP contribution in [0.3, 0.4) is 0 Å². The summed E-state index contributed by atoms with van der Waals surface area (Å²) in [6, 6.07) is 17.5. The van der Waals surface area contributed by atoms with Crippen molar-refractivity contribution >= 4 is 34.8 Å². The number of halogens is 3. The maximum atomic E-state index is 13.6. The minimum Gasteiger partial charge on any atom is -0.376 e. The zero-order chi connectivity index (χ0) is 25.6. The highest BCUT2D eigenvalue weighted by Crippen LogP contribution is 2.36. The Bertz CT molecular complexity index is 1210. The summed E-state index contributed by atoms with van der Waals surface area (Å²) in [5, 5.41) is 7.49. The zero-order valence-electron chi connectivity index (χ0n) is 18.9. The van der Waals surface area contributed by atoms with Gasteiger partial charge in [0.05, 0.1) is 12.1 Å². The molecule has 0 aliphatic heterocycles. The molecule has 0 heterocycles. The molecule has 0 unspecified atom stereocenters. The van der Waals surface area contributed by atoms with Crippen LogP contribution in [0, 0.1) is 0 Å². The first-order valence-corrected chi connectivity index (χ1v) is 10.5. The number of alkyl halides is 3. The average Bonchev–Trinajstić information content (AvgIpc) is 2.83. The van der Waals surface area contributed by atoms with Gasteiger partial charge in [-0.15, -0.1) is 0 Å². The van der Waals surface area contributed by atoms with E-state index in [4.69, 9.17) is 0 Å². The Morgan fingerprint density at radius 2 is 1.43 bits per heavy atom. The molecule has 3 N–H and O–H groups in total. The smallest absolute Gasteiger partial charge is 0.376 e. The lowest BCUT2D eigenvalue weighted by Gasteiger charge is -2.16. The minimum atomic E-state index is -4.72. The van der Waals surface area contributed by atoms with E-state index in [-0.39, 0.29) is 17.3 Å². The molecule has 3 amide bonds. The second-order valence-corrected chi connectivity index (χ2v) is 7.76. The van der Waals surface area contributed by atoms with Crippen molar-refractivity contribution < 1.29 is 27.6 Å². The monoisotopic (exact) mass is 484 g/mol. The van der Waals surface area contributed by atoms with Crippen molar-refractivity contribution in [1.82, 2.24) is 4.90 Å². The van der Waals surface area contributed by atoms with E-state index in [9.17, 15) is 27.6 Å². The Balaban J connectivity index is 1.66. The molecule has 0 spiro atoms. The summed E-state index contributed by atoms with van der Waals surface area (Å²) in [4.78, 5) is 37.8. The molecular formula is C25H23F3N4O3. The number of rotatable bonds is 7. The fourth-order valence-electron chi connectivity index (χ4n) is 3.14. The van der Waals surface area contributed by atoms with E-state index in [1.807, 2.05) is 0 Å². The molecule has 182 valence electrons. The lowest BCUT2D eigenvalue weighted by Crippen LogP contribution is -2.24. The number of hydrogen-bond acceptors (Lipinski definition) is 4. The lowest BCUT2D eigenvalue weighted by molar-refractivity contribution is -0.137. The summed E-state index contributed by atoms with van der Waals surface area (Å²) in [6.07, 6.45) is -4.72. The number of carbonyl (C=O) groups is 3. The first-order valence-electron chi connectivity index (χ1n) is 10.5. The average molecular weight is 484 g/mol. The Hall–Kier alpha value is -4.34. The van der Waals surface area contributed by atoms with Crippen LogP contribution in [0.15, 0.2) is 72.8 Å². The molecule has 0 aromatic heterocycles. The number of nitrogens with zero attached hydrogens (tertiary/aromatic N) is 1. The molecule has 0 bridgehead atoms. The van der Waals surface area contributed by atoms with Crippen molar-refractivity contribution in [3.63, 3.8) is 0 Å². The summed E-state index contributed by atoms with van der Waals surface area (Å²) in [5.41, 5.74) is -0.241. The van der Waals surface area contributed by atoms with Crippen LogP contribution in [0.25, 0.3) is 0 Å². The lowest BCUT2D eigenvalue weighted by atomic mass is 10.1. The van der Waals surface area contributed by atoms with Gasteiger partial charge in [-0.1, -0.05) is 18.2 Å². The van der Waals surface area contributed by atoms with E-state index in [0.29, 0.717) is 16.8 Å². The van der Waals surface area contributed by atoms with Crippen LogP contribution in [0.5, 0.6) is 0 Å². The first-order chi connectivity index (χ1) is 16.5. The van der Waals surface area contributed by atoms with Gasteiger partial charge in [-0.2, -0.15) is 13.2 Å². The summed E-state index contributed by atoms with van der Waals surface area (Å²) in [6.45, 7) is -0.433. The second kappa shape index (κ2) is 10.7. The number of carbonyl (C=O) groups excluding carboxylic acids is 3. The number of nitrogens with one attached hydrogen (secondary N) is 3. The van der Waals surface area contributed by atoms with Crippen LogP contribution in [0.4, 0.5) is 30.2 Å². The largest absolute Gasteiger partial charge is 0.418 e. The van der Waals surface area contributed by atoms with E-state index >= 15 is 0 Å². The highest BCUT2D eigenvalue weighted by Gasteiger charge is 2.34. The topological polar surface area (TPSA) is 90.5 Å². The van der Waals surface area contributed by atoms with Crippen LogP contribution in [0.1, 0.15) is 26.3 Å². The standard InChI is InChI=1S/C25H23F3N4O3/c1-32(2)24(35)17-8-10-18(11-9-17)30-22(33)15-29-21-13-12-19(14-20(21)25(26,27)28)31-23(34)16-6-4-3-5-7-16/h3-14,29H,15H2,1-2H3,(H,30,33)(H,31,34). The maximum Gasteiger partial charge on any atom is 0.418 e. The van der Waals surface area contributed by atoms with Gasteiger partial charge in [0.15, 0.2) is 0 Å². The highest BCUT2D eigenvalue weighted by atomic mass is 19.4. The van der Waals surface area contributed by atoms with Crippen molar-refractivity contribution in [3.8, 4) is 0 Å². The molecule has 0 saturated carbocycles. The molecular weight excluding hydrogens is 461 g/mol. The quantitative estimate of drug-likeness (QED) is 0.453. The van der Waals surface area contributed by atoms with Crippen molar-refractivity contribution in [3.05, 3.63) is 89.5 Å². The Morgan fingerprint density at radius 1 is 0.800 bits per heavy atom. The number of amides is 3. The van der Waals surface area contributed by atoms with Gasteiger partial charge in [0.1, 0.15) is 0 Å². The maximum absolute atomic E-state index is 13.6. The third-order valence-electron chi connectivity index (χ3n) is 4.88. The molecule has 3 aromatic carbocycles. The summed E-state index contributed by atoms with van der Waals surface area (Å²) in [7, 11) is 3.23. The van der Waals surface area contributed by atoms with Gasteiger partial charge in [-0.05, 0) is 54.6 Å². The van der Waals surface area contributed by atoms with Gasteiger partial charge in [-0.3, -0.25) is 14.4 Å². The second-order valence-electron chi connectivity index (χ2n) is 7.76. The van der Waals surface area contributed by atoms with E-state index in [1.165, 1.54) is 35.2 Å². The van der Waals surface area contributed by atoms with E-state index in [2.05, 4.69) is 16.0 Å². The fourth-order valence-corrected chi connectivity index (χ4v) is 3.14. The summed E-state index contributed by atoms with van der Waals surface area (Å²) in [5.74, 6) is -1.32. The zero-order valence-corrected chi connectivity index (χ0v) is 18.9. The molecule has 3 aromatic rings. The minimum absolute atomic E-state index is 0.0338. The number of hydrogen-bond donors (Lipinski definition) is 3. The van der Waals surface area contributed by atoms with E-state index in [0.717, 1.165) is 12.1 Å². The van der Waals surface area contributed by atoms with Crippen molar-refractivity contribution in [2.24, 2.45) is 0 Å². The Morgan fingerprint density at radius 3 is 2.03 bits per heavy atom. The third kappa shape index (κ3) is 6.83. The molecule has 10 heteroatoms. The normalized spacial score (nSPS) is 10.9. The van der Waals surface area contributed by atoms with E-state index in [1.54, 1.807) is 44.4 Å². The Labute approximate surface area is 199 Å². The third-order valence-corrected chi connectivity index (χ3v) is 4.88. The van der Waals surface area contributed by atoms with E-state index < -0.39 is 30.1 Å². The SMILES string of the molecule is CN(C)C(=O)c1ccc(NC(=O)CNc2ccc(NC(=O)c3ccccc3)cc2C(F)(F)F)cc1. The van der Waals surface area contributed by atoms with Crippen LogP contribution in [-0.2, 0) is 11.0 Å². The number of anilines is 3. The van der Waals surface area contributed by atoms with Crippen molar-refractivity contribution in [2.45, 2.75) is 6.18 Å². The molecule has 3 rings (SSSR count). The summed E-state index contributed by atoms with van der Waals surface area (Å²) < 4.78 is 40.9. The van der Waals surface area contributed by atoms with Gasteiger partial charge in [-0.25, -0.2) is 0 Å². The molecule has 0 fully saturated rings. The van der Waals surface area contributed by atoms with Crippen LogP contribution in [-0.4, -0.2) is 43.3 Å². The first kappa shape index (κ1) is 25.3. The molecule has 35 heavy (non-hydrogen) atoms. The van der Waals surface area contributed by atoms with Gasteiger partial charge in [0.25, 0.3) is 11.8 Å². The molecule has 0 radical (unpaired) electrons. The molecule has 0 atom stereocenters. The van der Waals surface area contributed by atoms with Crippen LogP contribution in [0.2, 0.25) is 0 Å². The predicted octanol–water partition coefficient (Wildman–Crippen LogP) is 4.71. The highest BCUT2D eigenvalue weighted by molar-refractivity contribution is 6.04. The van der Waals surface area contributed by atoms with Crippen LogP contribution < -0.4 is 16.0 Å². The Kier molecular flexibility index (Phi) is 7.75. The van der Waals surface area contributed by atoms with Crippen molar-refractivity contribution in [1.29, 1.82) is 0 Å². The van der Waals surface area contributed by atoms with Crippen LogP contribution >= 0.6 is 0 Å². The number of benzene rings is 3.